The molecule has 5 fully saturated rings. The Morgan fingerprint density at radius 2 is 1.55 bits per heavy atom. The van der Waals surface area contributed by atoms with E-state index in [1.807, 2.05) is 0 Å². The summed E-state index contributed by atoms with van der Waals surface area (Å²) in [6.45, 7) is 10.2. The zero-order valence-electron chi connectivity index (χ0n) is 32.3. The van der Waals surface area contributed by atoms with Gasteiger partial charge >= 0.3 is 36.0 Å². The molecule has 0 aromatic carbocycles. The fraction of sp³-hybridized carbons (Fsp3) is 0.684. The molecule has 3 heterocycles. The van der Waals surface area contributed by atoms with Crippen molar-refractivity contribution in [2.45, 2.75) is 127 Å². The summed E-state index contributed by atoms with van der Waals surface area (Å²) < 4.78 is 53.8. The highest BCUT2D eigenvalue weighted by Crippen LogP contribution is 2.86. The van der Waals surface area contributed by atoms with Crippen molar-refractivity contribution in [1.29, 1.82) is 0 Å². The van der Waals surface area contributed by atoms with Gasteiger partial charge < -0.3 is 57.6 Å². The molecule has 3 N–H and O–H groups in total. The number of ether oxygens (including phenoxy) is 8. The lowest BCUT2D eigenvalue weighted by molar-refractivity contribution is -0.438. The van der Waals surface area contributed by atoms with Crippen LogP contribution in [-0.2, 0) is 61.9 Å². The van der Waals surface area contributed by atoms with Crippen LogP contribution in [0.5, 0.6) is 0 Å². The van der Waals surface area contributed by atoms with E-state index >= 15 is 0 Å². The molecule has 1 aromatic heterocycles. The van der Waals surface area contributed by atoms with E-state index in [0.29, 0.717) is 0 Å². The van der Waals surface area contributed by atoms with Crippen LogP contribution >= 0.6 is 0 Å². The zero-order valence-corrected chi connectivity index (χ0v) is 32.3. The van der Waals surface area contributed by atoms with Gasteiger partial charge in [-0.2, -0.15) is 0 Å². The Morgan fingerprint density at radius 3 is 2.09 bits per heavy atom. The summed E-state index contributed by atoms with van der Waals surface area (Å²) in [6.07, 6.45) is -9.02. The molecular formula is C38H46O18. The molecule has 4 saturated carbocycles. The van der Waals surface area contributed by atoms with Gasteiger partial charge in [-0.05, 0) is 18.6 Å². The van der Waals surface area contributed by atoms with Crippen LogP contribution in [0.4, 0.5) is 4.79 Å². The Bertz CT molecular complexity index is 1920. The first-order chi connectivity index (χ1) is 26.0. The predicted molar refractivity (Wildman–Crippen MR) is 180 cm³/mol. The van der Waals surface area contributed by atoms with E-state index < -0.39 is 130 Å². The molecule has 56 heavy (non-hydrogen) atoms. The molecule has 1 spiro atoms. The van der Waals surface area contributed by atoms with Crippen LogP contribution in [0.2, 0.25) is 0 Å². The summed E-state index contributed by atoms with van der Waals surface area (Å²) in [5.41, 5.74) is -16.5. The first kappa shape index (κ1) is 39.6. The number of esters is 5. The smallest absolute Gasteiger partial charge is 0.487 e. The second-order valence-corrected chi connectivity index (χ2v) is 16.4. The number of fused-ring (bicyclic) bond motifs is 2. The van der Waals surface area contributed by atoms with Crippen molar-refractivity contribution in [3.05, 3.63) is 36.0 Å². The molecule has 7 rings (SSSR count). The van der Waals surface area contributed by atoms with Crippen LogP contribution < -0.4 is 0 Å². The van der Waals surface area contributed by atoms with E-state index in [1.165, 1.54) is 45.4 Å². The molecule has 0 amide bonds. The molecule has 18 nitrogen and oxygen atoms in total. The highest BCUT2D eigenvalue weighted by molar-refractivity contribution is 5.80. The van der Waals surface area contributed by atoms with Crippen LogP contribution in [0.25, 0.3) is 0 Å². The topological polar surface area (TPSA) is 250 Å². The number of aliphatic hydroxyl groups excluding tert-OH is 1. The number of allylic oxidation sites excluding steroid dienone is 1. The summed E-state index contributed by atoms with van der Waals surface area (Å²) in [7, 11) is 1.02. The summed E-state index contributed by atoms with van der Waals surface area (Å²) >= 11 is 0. The molecule has 2 aliphatic heterocycles. The minimum Gasteiger partial charge on any atom is -0.487 e. The minimum absolute atomic E-state index is 0.120. The molecule has 306 valence electrons. The van der Waals surface area contributed by atoms with E-state index in [1.54, 1.807) is 6.92 Å². The highest BCUT2D eigenvalue weighted by Gasteiger charge is 3.04. The Morgan fingerprint density at radius 1 is 0.929 bits per heavy atom. The maximum atomic E-state index is 14.3. The van der Waals surface area contributed by atoms with Crippen molar-refractivity contribution in [2.24, 2.45) is 28.1 Å². The van der Waals surface area contributed by atoms with Crippen molar-refractivity contribution in [2.75, 3.05) is 7.11 Å². The SMILES string of the molecule is CCC1=C[C@@H]2[C@](C)([C@H](OC(C)=O)c3ccoc3)[C@@H](OC(C)=O)[C@@H](OC(C)=O)[C@@]34OC(=O)O[C@@]23[C@H](O1)[C@@]1(O)[C@@H](O)[C@]2(C)C[C@@]1(O)[C@@]4(C)[C@H]2[C@H](OC(C)=O)C(=O)OC. The fourth-order valence-corrected chi connectivity index (χ4v) is 12.4. The molecule has 6 aliphatic rings. The standard InChI is InChI=1S/C38H46O18/c1-10-21-13-22-33(7,25(51-17(3)40)20-11-12-49-14-20)26(52-18(4)41)27(53-19(5)42)38-34(8)24(23(28(43)48-9)50-16(2)39)32(6)15-35(34,46)36(47,29(32)44)30(54-21)37(22,38)55-31(45)56-38/h11-14,22-27,29-30,44,46-47H,10,15H2,1-9H3/t22-,23+,24+,25-,26+,27-,29+,30-,32-,33-,34-,35-,36+,37-,38+/m1/s1. The molecule has 2 bridgehead atoms. The monoisotopic (exact) mass is 790 g/mol. The number of carbonyl (C=O) groups excluding carboxylic acids is 6. The third-order valence-electron chi connectivity index (χ3n) is 13.9. The minimum atomic E-state index is -2.81. The number of furan rings is 1. The lowest BCUT2D eigenvalue weighted by Crippen LogP contribution is -2.97. The van der Waals surface area contributed by atoms with Gasteiger partial charge in [-0.15, -0.1) is 0 Å². The highest BCUT2D eigenvalue weighted by atomic mass is 16.8. The Balaban J connectivity index is 1.70. The second-order valence-electron chi connectivity index (χ2n) is 16.4. The maximum Gasteiger partial charge on any atom is 0.510 e. The second kappa shape index (κ2) is 12.2. The van der Waals surface area contributed by atoms with Crippen LogP contribution in [0.15, 0.2) is 34.8 Å². The fourth-order valence-electron chi connectivity index (χ4n) is 12.4. The molecule has 1 aromatic rings. The largest absolute Gasteiger partial charge is 0.510 e. The van der Waals surface area contributed by atoms with Crippen LogP contribution in [0.1, 0.15) is 79.9 Å². The molecule has 0 radical (unpaired) electrons. The number of aliphatic hydroxyl groups is 3. The average molecular weight is 791 g/mol. The predicted octanol–water partition coefficient (Wildman–Crippen LogP) is 1.71. The normalized spacial score (nSPS) is 44.6. The third kappa shape index (κ3) is 4.26. The molecule has 0 unspecified atom stereocenters. The summed E-state index contributed by atoms with van der Waals surface area (Å²) in [5, 5.41) is 39.4. The average Bonchev–Trinajstić information content (AvgIpc) is 3.83. The molecule has 1 saturated heterocycles. The van der Waals surface area contributed by atoms with Crippen molar-refractivity contribution < 1.29 is 86.4 Å². The van der Waals surface area contributed by atoms with Crippen LogP contribution in [0, 0.1) is 28.1 Å². The first-order valence-electron chi connectivity index (χ1n) is 18.2. The van der Waals surface area contributed by atoms with Crippen molar-refractivity contribution in [3.63, 3.8) is 0 Å². The molecule has 15 atom stereocenters. The molecule has 4 aliphatic carbocycles. The van der Waals surface area contributed by atoms with Crippen molar-refractivity contribution in [1.82, 2.24) is 0 Å². The van der Waals surface area contributed by atoms with Gasteiger partial charge in [0, 0.05) is 56.9 Å². The summed E-state index contributed by atoms with van der Waals surface area (Å²) in [4.78, 5) is 80.7. The van der Waals surface area contributed by atoms with Gasteiger partial charge in [0.05, 0.1) is 42.3 Å². The number of methoxy groups -OCH3 is 1. The van der Waals surface area contributed by atoms with Gasteiger partial charge in [-0.1, -0.05) is 27.7 Å². The Labute approximate surface area is 320 Å². The summed E-state index contributed by atoms with van der Waals surface area (Å²) in [6, 6.07) is 1.48. The van der Waals surface area contributed by atoms with Gasteiger partial charge in [0.15, 0.2) is 23.9 Å². The summed E-state index contributed by atoms with van der Waals surface area (Å²) in [5.74, 6) is -7.82. The number of rotatable bonds is 9. The van der Waals surface area contributed by atoms with Gasteiger partial charge in [-0.3, -0.25) is 19.2 Å². The quantitative estimate of drug-likeness (QED) is 0.238. The maximum absolute atomic E-state index is 14.3. The molecular weight excluding hydrogens is 744 g/mol. The van der Waals surface area contributed by atoms with Crippen LogP contribution in [0.3, 0.4) is 0 Å². The van der Waals surface area contributed by atoms with Gasteiger partial charge in [0.2, 0.25) is 17.3 Å². The van der Waals surface area contributed by atoms with Gasteiger partial charge in [0.1, 0.15) is 11.7 Å². The van der Waals surface area contributed by atoms with Crippen LogP contribution in [-0.4, -0.2) is 111 Å². The zero-order chi connectivity index (χ0) is 41.3. The number of carbonyl (C=O) groups is 6. The lowest BCUT2D eigenvalue weighted by atomic mass is 9.32. The van der Waals surface area contributed by atoms with Crippen molar-refractivity contribution in [3.8, 4) is 0 Å². The Hall–Kier alpha value is -4.68. The third-order valence-corrected chi connectivity index (χ3v) is 13.9. The first-order valence-corrected chi connectivity index (χ1v) is 18.2. The lowest BCUT2D eigenvalue weighted by Gasteiger charge is -2.76. The van der Waals surface area contributed by atoms with Gasteiger partial charge in [0.25, 0.3) is 0 Å². The van der Waals surface area contributed by atoms with Crippen molar-refractivity contribution >= 4 is 36.0 Å². The van der Waals surface area contributed by atoms with E-state index in [2.05, 4.69) is 0 Å². The number of hydrogen-bond donors (Lipinski definition) is 3. The van der Waals surface area contributed by atoms with Gasteiger partial charge in [-0.25, -0.2) is 9.59 Å². The van der Waals surface area contributed by atoms with E-state index in [-0.39, 0.29) is 17.7 Å². The number of hydrogen-bond acceptors (Lipinski definition) is 18. The van der Waals surface area contributed by atoms with E-state index in [9.17, 15) is 44.1 Å². The Kier molecular flexibility index (Phi) is 8.59. The van der Waals surface area contributed by atoms with E-state index in [4.69, 9.17) is 42.3 Å². The van der Waals surface area contributed by atoms with E-state index in [0.717, 1.165) is 34.8 Å². The molecule has 18 heteroatoms.